The molecule has 8 N–H and O–H groups in total. The molecule has 0 aliphatic heterocycles. The number of aliphatic carboxylic acids is 3. The maximum Gasteiger partial charge on any atom is 0.326 e. The quantitative estimate of drug-likeness (QED) is 0.131. The molecule has 0 radical (unpaired) electrons. The largest absolute Gasteiger partial charge is 0.481 e. The molecule has 0 fully saturated rings. The van der Waals surface area contributed by atoms with Gasteiger partial charge in [-0.05, 0) is 5.56 Å². The van der Waals surface area contributed by atoms with Gasteiger partial charge < -0.3 is 37.0 Å². The zero-order valence-corrected chi connectivity index (χ0v) is 18.7. The fourth-order valence-electron chi connectivity index (χ4n) is 2.72. The van der Waals surface area contributed by atoms with E-state index in [2.05, 4.69) is 23.3 Å². The molecule has 1 aromatic carbocycles. The first-order chi connectivity index (χ1) is 15.9. The fraction of sp³-hybridized carbons (Fsp3) is 0.400. The third kappa shape index (κ3) is 9.87. The van der Waals surface area contributed by atoms with Gasteiger partial charge in [0.05, 0.1) is 18.9 Å². The van der Waals surface area contributed by atoms with Crippen LogP contribution in [0.5, 0.6) is 0 Å². The molecule has 0 heterocycles. The molecule has 0 saturated heterocycles. The first-order valence-corrected chi connectivity index (χ1v) is 10.6. The van der Waals surface area contributed by atoms with Crippen molar-refractivity contribution in [3.05, 3.63) is 35.9 Å². The van der Waals surface area contributed by atoms with Gasteiger partial charge in [0.25, 0.3) is 0 Å². The van der Waals surface area contributed by atoms with Gasteiger partial charge in [-0.25, -0.2) is 4.79 Å². The third-order valence-electron chi connectivity index (χ3n) is 4.45. The Morgan fingerprint density at radius 1 is 0.765 bits per heavy atom. The van der Waals surface area contributed by atoms with Crippen LogP contribution in [-0.4, -0.2) is 80.9 Å². The Kier molecular flexibility index (Phi) is 11.5. The van der Waals surface area contributed by atoms with Crippen LogP contribution in [0.4, 0.5) is 0 Å². The second-order valence-electron chi connectivity index (χ2n) is 7.20. The number of hydrogen-bond acceptors (Lipinski definition) is 8. The number of nitrogens with one attached hydrogen (secondary N) is 3. The van der Waals surface area contributed by atoms with E-state index in [0.29, 0.717) is 5.56 Å². The van der Waals surface area contributed by atoms with E-state index in [0.717, 1.165) is 0 Å². The molecular formula is C20H26N4O9S. The SMILES string of the molecule is NC(CS)C(=O)NC(Cc1ccccc1)C(=O)NC(CC(=O)O)C(=O)NC(CC(=O)O)C(=O)O. The summed E-state index contributed by atoms with van der Waals surface area (Å²) in [6.07, 6.45) is -1.93. The van der Waals surface area contributed by atoms with Crippen LogP contribution in [0.15, 0.2) is 30.3 Å². The summed E-state index contributed by atoms with van der Waals surface area (Å²) in [5.74, 6) is -7.56. The Bertz CT molecular complexity index is 913. The number of carboxylic acids is 3. The van der Waals surface area contributed by atoms with E-state index in [4.69, 9.17) is 21.1 Å². The molecule has 1 aromatic rings. The van der Waals surface area contributed by atoms with E-state index < -0.39 is 72.6 Å². The van der Waals surface area contributed by atoms with Gasteiger partial charge in [-0.15, -0.1) is 0 Å². The predicted octanol–water partition coefficient (Wildman–Crippen LogP) is -2.03. The highest BCUT2D eigenvalue weighted by molar-refractivity contribution is 7.80. The maximum atomic E-state index is 12.9. The average molecular weight is 499 g/mol. The Morgan fingerprint density at radius 2 is 1.24 bits per heavy atom. The first-order valence-electron chi connectivity index (χ1n) is 9.92. The van der Waals surface area contributed by atoms with Crippen molar-refractivity contribution in [3.8, 4) is 0 Å². The summed E-state index contributed by atoms with van der Waals surface area (Å²) in [5, 5.41) is 33.5. The zero-order valence-electron chi connectivity index (χ0n) is 17.8. The minimum absolute atomic E-state index is 0.0181. The number of thiol groups is 1. The normalized spacial score (nSPS) is 14.1. The molecule has 1 rings (SSSR count). The summed E-state index contributed by atoms with van der Waals surface area (Å²) in [6.45, 7) is 0. The van der Waals surface area contributed by atoms with Crippen molar-refractivity contribution in [3.63, 3.8) is 0 Å². The summed E-state index contributed by atoms with van der Waals surface area (Å²) in [6, 6.07) is 2.56. The predicted molar refractivity (Wildman–Crippen MR) is 120 cm³/mol. The van der Waals surface area contributed by atoms with Gasteiger partial charge in [-0.3, -0.25) is 24.0 Å². The molecule has 3 amide bonds. The number of hydrogen-bond donors (Lipinski definition) is 8. The summed E-state index contributed by atoms with van der Waals surface area (Å²) >= 11 is 3.93. The van der Waals surface area contributed by atoms with E-state index in [1.54, 1.807) is 30.3 Å². The van der Waals surface area contributed by atoms with Crippen LogP contribution in [0.3, 0.4) is 0 Å². The summed E-state index contributed by atoms with van der Waals surface area (Å²) < 4.78 is 0. The average Bonchev–Trinajstić information content (AvgIpc) is 2.76. The molecule has 186 valence electrons. The molecular weight excluding hydrogens is 472 g/mol. The van der Waals surface area contributed by atoms with Crippen molar-refractivity contribution in [2.45, 2.75) is 43.4 Å². The highest BCUT2D eigenvalue weighted by Gasteiger charge is 2.32. The van der Waals surface area contributed by atoms with Crippen LogP contribution in [0, 0.1) is 0 Å². The summed E-state index contributed by atoms with van der Waals surface area (Å²) in [4.78, 5) is 70.9. The number of rotatable bonds is 14. The molecule has 0 aliphatic carbocycles. The lowest BCUT2D eigenvalue weighted by Crippen LogP contribution is -2.58. The number of benzene rings is 1. The Morgan fingerprint density at radius 3 is 1.74 bits per heavy atom. The van der Waals surface area contributed by atoms with Gasteiger partial charge in [-0.2, -0.15) is 12.6 Å². The Balaban J connectivity index is 3.09. The molecule has 0 bridgehead atoms. The molecule has 0 saturated carbocycles. The second kappa shape index (κ2) is 13.8. The minimum atomic E-state index is -1.86. The minimum Gasteiger partial charge on any atom is -0.481 e. The lowest BCUT2D eigenvalue weighted by molar-refractivity contribution is -0.148. The van der Waals surface area contributed by atoms with Crippen molar-refractivity contribution in [1.82, 2.24) is 16.0 Å². The third-order valence-corrected chi connectivity index (χ3v) is 4.85. The van der Waals surface area contributed by atoms with Crippen LogP contribution in [0.25, 0.3) is 0 Å². The van der Waals surface area contributed by atoms with E-state index in [1.165, 1.54) is 0 Å². The molecule has 14 heteroatoms. The van der Waals surface area contributed by atoms with Gasteiger partial charge in [0.1, 0.15) is 18.1 Å². The molecule has 34 heavy (non-hydrogen) atoms. The lowest BCUT2D eigenvalue weighted by atomic mass is 10.0. The molecule has 0 aromatic heterocycles. The van der Waals surface area contributed by atoms with E-state index in [1.807, 2.05) is 5.32 Å². The Labute approximate surface area is 199 Å². The topological polar surface area (TPSA) is 225 Å². The lowest BCUT2D eigenvalue weighted by Gasteiger charge is -2.24. The number of amides is 3. The zero-order chi connectivity index (χ0) is 25.8. The number of carboxylic acid groups (broad SMARTS) is 3. The van der Waals surface area contributed by atoms with Gasteiger partial charge in [0, 0.05) is 12.2 Å². The first kappa shape index (κ1) is 28.4. The van der Waals surface area contributed by atoms with Crippen molar-refractivity contribution in [2.24, 2.45) is 5.73 Å². The van der Waals surface area contributed by atoms with Crippen molar-refractivity contribution >= 4 is 48.3 Å². The van der Waals surface area contributed by atoms with Crippen LogP contribution in [0.2, 0.25) is 0 Å². The number of nitrogens with two attached hydrogens (primary N) is 1. The van der Waals surface area contributed by atoms with Crippen LogP contribution in [0.1, 0.15) is 18.4 Å². The number of carbonyl (C=O) groups excluding carboxylic acids is 3. The maximum absolute atomic E-state index is 12.9. The van der Waals surface area contributed by atoms with Gasteiger partial charge in [0.15, 0.2) is 0 Å². The second-order valence-corrected chi connectivity index (χ2v) is 7.56. The van der Waals surface area contributed by atoms with Crippen molar-refractivity contribution in [2.75, 3.05) is 5.75 Å². The number of carbonyl (C=O) groups is 6. The van der Waals surface area contributed by atoms with E-state index in [9.17, 15) is 28.8 Å². The van der Waals surface area contributed by atoms with Crippen LogP contribution < -0.4 is 21.7 Å². The highest BCUT2D eigenvalue weighted by atomic mass is 32.1. The monoisotopic (exact) mass is 498 g/mol. The molecule has 0 aliphatic rings. The highest BCUT2D eigenvalue weighted by Crippen LogP contribution is 2.06. The van der Waals surface area contributed by atoms with Crippen LogP contribution >= 0.6 is 12.6 Å². The van der Waals surface area contributed by atoms with E-state index >= 15 is 0 Å². The molecule has 13 nitrogen and oxygen atoms in total. The molecule has 4 atom stereocenters. The van der Waals surface area contributed by atoms with Crippen LogP contribution in [-0.2, 0) is 35.2 Å². The molecule has 4 unspecified atom stereocenters. The van der Waals surface area contributed by atoms with Crippen molar-refractivity contribution < 1.29 is 44.1 Å². The summed E-state index contributed by atoms with van der Waals surface area (Å²) in [5.41, 5.74) is 6.26. The van der Waals surface area contributed by atoms with E-state index in [-0.39, 0.29) is 12.2 Å². The molecule has 0 spiro atoms. The Hall–Kier alpha value is -3.65. The smallest absolute Gasteiger partial charge is 0.326 e. The summed E-state index contributed by atoms with van der Waals surface area (Å²) in [7, 11) is 0. The van der Waals surface area contributed by atoms with Crippen molar-refractivity contribution in [1.29, 1.82) is 0 Å². The van der Waals surface area contributed by atoms with Gasteiger partial charge >= 0.3 is 17.9 Å². The van der Waals surface area contributed by atoms with Gasteiger partial charge in [-0.1, -0.05) is 30.3 Å². The standard InChI is InChI=1S/C20H26N4O9S/c21-11(9-34)17(29)22-12(6-10-4-2-1-3-5-10)18(30)23-13(7-15(25)26)19(31)24-14(20(32)33)8-16(27)28/h1-5,11-14,34H,6-9,21H2,(H,22,29)(H,23,30)(H,24,31)(H,25,26)(H,27,28)(H,32,33). The fourth-order valence-corrected chi connectivity index (χ4v) is 2.89. The van der Waals surface area contributed by atoms with Gasteiger partial charge in [0.2, 0.25) is 17.7 Å².